The Hall–Kier alpha value is -8.12. The van der Waals surface area contributed by atoms with Crippen molar-refractivity contribution in [3.05, 3.63) is 217 Å². The molecule has 0 atom stereocenters. The van der Waals surface area contributed by atoms with Gasteiger partial charge in [-0.2, -0.15) is 0 Å². The van der Waals surface area contributed by atoms with E-state index in [0.29, 0.717) is 5.84 Å². The molecule has 10 aromatic carbocycles. The van der Waals surface area contributed by atoms with Gasteiger partial charge in [0.2, 0.25) is 0 Å². The number of nitrogens with zero attached hydrogens (tertiary/aromatic N) is 3. The lowest BCUT2D eigenvalue weighted by Gasteiger charge is -2.16. The van der Waals surface area contributed by atoms with Crippen molar-refractivity contribution in [2.24, 2.45) is 9.98 Å². The summed E-state index contributed by atoms with van der Waals surface area (Å²) in [5.41, 5.74) is 10.1. The summed E-state index contributed by atoms with van der Waals surface area (Å²) in [4.78, 5) is 11.3. The standard InChI is InChI=1S/C60H37N3OS/c1-3-17-39-34-52-47(32-37(39)15-1)48-33-38-16-2-4-18-40(38)35-53(48)63(52)51-31-30-44(58-45-21-7-9-27-54(45)64-59(51)58)50-26-13-25-49(43-24-12-29-56-57(43)46-22-8-10-28-55(46)65-56)61-60(62-50)42-23-11-19-36-14-5-6-20-41(36)42/h1-12,14-24,26-35H,13,25H2/b50-26-,61-49+,62-60-. The summed E-state index contributed by atoms with van der Waals surface area (Å²) in [6, 6.07) is 70.0. The maximum absolute atomic E-state index is 7.06. The summed E-state index contributed by atoms with van der Waals surface area (Å²) in [7, 11) is 0. The van der Waals surface area contributed by atoms with Crippen LogP contribution in [0.1, 0.15) is 29.5 Å². The van der Waals surface area contributed by atoms with Crippen LogP contribution in [0.5, 0.6) is 0 Å². The Morgan fingerprint density at radius 2 is 1.05 bits per heavy atom. The molecule has 0 bridgehead atoms. The number of fused-ring (bicyclic) bond motifs is 12. The third kappa shape index (κ3) is 5.62. The number of furan rings is 1. The summed E-state index contributed by atoms with van der Waals surface area (Å²) >= 11 is 1.84. The quantitative estimate of drug-likeness (QED) is 0.174. The van der Waals surface area contributed by atoms with Gasteiger partial charge in [0.15, 0.2) is 11.4 Å². The van der Waals surface area contributed by atoms with Gasteiger partial charge in [-0.1, -0.05) is 146 Å². The Morgan fingerprint density at radius 3 is 1.82 bits per heavy atom. The van der Waals surface area contributed by atoms with E-state index in [-0.39, 0.29) is 0 Å². The second kappa shape index (κ2) is 14.2. The van der Waals surface area contributed by atoms with E-state index < -0.39 is 0 Å². The fourth-order valence-electron chi connectivity index (χ4n) is 10.5. The summed E-state index contributed by atoms with van der Waals surface area (Å²) in [5, 5.41) is 14.2. The number of benzene rings is 10. The van der Waals surface area contributed by atoms with Gasteiger partial charge in [-0.05, 0) is 99.8 Å². The second-order valence-corrected chi connectivity index (χ2v) is 18.2. The monoisotopic (exact) mass is 847 g/mol. The van der Waals surface area contributed by atoms with E-state index >= 15 is 0 Å². The molecule has 4 nitrogen and oxygen atoms in total. The zero-order valence-electron chi connectivity index (χ0n) is 35.1. The molecule has 14 rings (SSSR count). The van der Waals surface area contributed by atoms with E-state index in [0.717, 1.165) is 84.8 Å². The minimum Gasteiger partial charge on any atom is -0.454 e. The van der Waals surface area contributed by atoms with Gasteiger partial charge in [-0.3, -0.25) is 0 Å². The molecule has 1 aliphatic heterocycles. The van der Waals surface area contributed by atoms with Crippen molar-refractivity contribution in [2.75, 3.05) is 0 Å². The maximum atomic E-state index is 7.06. The Bertz CT molecular complexity index is 4150. The van der Waals surface area contributed by atoms with Crippen molar-refractivity contribution >= 4 is 125 Å². The SMILES string of the molecule is C1=C(c2ccc(-n3c4cc5ccccc5cc4c4cc5ccccc5cc43)c3oc4ccccc4c23)/N=C(c2cccc3ccccc23)\N=C(\c2cccc3sc4ccccc4c23)CC\1. The van der Waals surface area contributed by atoms with Crippen LogP contribution in [0.3, 0.4) is 0 Å². The molecule has 5 heteroatoms. The first-order valence-corrected chi connectivity index (χ1v) is 23.1. The Balaban J connectivity index is 1.03. The van der Waals surface area contributed by atoms with Crippen LogP contribution in [-0.2, 0) is 0 Å². The van der Waals surface area contributed by atoms with Crippen LogP contribution in [0, 0.1) is 0 Å². The number of para-hydroxylation sites is 1. The van der Waals surface area contributed by atoms with Gasteiger partial charge in [-0.25, -0.2) is 9.98 Å². The number of hydrogen-bond acceptors (Lipinski definition) is 4. The van der Waals surface area contributed by atoms with Crippen molar-refractivity contribution in [3.8, 4) is 5.69 Å². The number of rotatable bonds is 4. The number of allylic oxidation sites excluding steroid dienone is 1. The number of amidine groups is 1. The molecule has 0 fully saturated rings. The van der Waals surface area contributed by atoms with Gasteiger partial charge in [0.25, 0.3) is 0 Å². The normalized spacial score (nSPS) is 16.1. The average Bonchev–Trinajstić information content (AvgIpc) is 4.02. The van der Waals surface area contributed by atoms with Gasteiger partial charge in [0.05, 0.1) is 28.1 Å². The highest BCUT2D eigenvalue weighted by Gasteiger charge is 2.24. The van der Waals surface area contributed by atoms with Gasteiger partial charge in [-0.15, -0.1) is 11.3 Å². The van der Waals surface area contributed by atoms with E-state index in [1.165, 1.54) is 58.1 Å². The highest BCUT2D eigenvalue weighted by molar-refractivity contribution is 7.25. The van der Waals surface area contributed by atoms with Crippen molar-refractivity contribution in [1.29, 1.82) is 0 Å². The van der Waals surface area contributed by atoms with Gasteiger partial charge in [0, 0.05) is 58.4 Å². The van der Waals surface area contributed by atoms with Crippen LogP contribution >= 0.6 is 11.3 Å². The van der Waals surface area contributed by atoms with Crippen molar-refractivity contribution in [3.63, 3.8) is 0 Å². The van der Waals surface area contributed by atoms with Crippen LogP contribution in [0.2, 0.25) is 0 Å². The zero-order chi connectivity index (χ0) is 42.6. The number of hydrogen-bond donors (Lipinski definition) is 0. The lowest BCUT2D eigenvalue weighted by Crippen LogP contribution is -2.10. The molecule has 304 valence electrons. The van der Waals surface area contributed by atoms with Crippen LogP contribution < -0.4 is 0 Å². The highest BCUT2D eigenvalue weighted by atomic mass is 32.1. The third-order valence-electron chi connectivity index (χ3n) is 13.5. The summed E-state index contributed by atoms with van der Waals surface area (Å²) in [6.45, 7) is 0. The van der Waals surface area contributed by atoms with E-state index in [9.17, 15) is 0 Å². The average molecular weight is 848 g/mol. The molecule has 0 spiro atoms. The van der Waals surface area contributed by atoms with Crippen LogP contribution in [0.15, 0.2) is 215 Å². The first-order chi connectivity index (χ1) is 32.2. The van der Waals surface area contributed by atoms with E-state index in [1.54, 1.807) is 0 Å². The van der Waals surface area contributed by atoms with Crippen LogP contribution in [-0.4, -0.2) is 16.1 Å². The molecular formula is C60H37N3OS. The van der Waals surface area contributed by atoms with Crippen LogP contribution in [0.4, 0.5) is 0 Å². The maximum Gasteiger partial charge on any atom is 0.160 e. The van der Waals surface area contributed by atoms with Crippen molar-refractivity contribution in [1.82, 2.24) is 4.57 Å². The molecule has 4 heterocycles. The molecule has 0 radical (unpaired) electrons. The summed E-state index contributed by atoms with van der Waals surface area (Å²) in [5.74, 6) is 0.700. The van der Waals surface area contributed by atoms with E-state index in [1.807, 2.05) is 11.3 Å². The van der Waals surface area contributed by atoms with Gasteiger partial charge in [0.1, 0.15) is 5.58 Å². The fraction of sp³-hybridized carbons (Fsp3) is 0.0333. The number of aliphatic imine (C=N–C) groups is 2. The zero-order valence-corrected chi connectivity index (χ0v) is 35.9. The molecule has 3 aromatic heterocycles. The Kier molecular flexibility index (Phi) is 7.94. The predicted octanol–water partition coefficient (Wildman–Crippen LogP) is 16.6. The molecule has 13 aromatic rings. The molecule has 0 saturated carbocycles. The number of thiophene rings is 1. The predicted molar refractivity (Wildman–Crippen MR) is 277 cm³/mol. The van der Waals surface area contributed by atoms with Crippen LogP contribution in [0.25, 0.3) is 108 Å². The third-order valence-corrected chi connectivity index (χ3v) is 14.6. The molecule has 0 saturated heterocycles. The lowest BCUT2D eigenvalue weighted by molar-refractivity contribution is 0.666. The van der Waals surface area contributed by atoms with Crippen molar-refractivity contribution in [2.45, 2.75) is 12.8 Å². The smallest absolute Gasteiger partial charge is 0.160 e. The Morgan fingerprint density at radius 1 is 0.446 bits per heavy atom. The Labute approximate surface area is 377 Å². The molecule has 0 aliphatic carbocycles. The minimum absolute atomic E-state index is 0.700. The molecule has 0 N–H and O–H groups in total. The highest BCUT2D eigenvalue weighted by Crippen LogP contribution is 2.44. The largest absolute Gasteiger partial charge is 0.454 e. The van der Waals surface area contributed by atoms with Crippen molar-refractivity contribution < 1.29 is 4.42 Å². The lowest BCUT2D eigenvalue weighted by atomic mass is 9.96. The first-order valence-electron chi connectivity index (χ1n) is 22.3. The summed E-state index contributed by atoms with van der Waals surface area (Å²) in [6.07, 6.45) is 3.85. The second-order valence-electron chi connectivity index (χ2n) is 17.1. The molecule has 0 unspecified atom stereocenters. The molecule has 1 aliphatic rings. The van der Waals surface area contributed by atoms with Gasteiger partial charge < -0.3 is 8.98 Å². The fourth-order valence-corrected chi connectivity index (χ4v) is 11.6. The van der Waals surface area contributed by atoms with Gasteiger partial charge >= 0.3 is 0 Å². The summed E-state index contributed by atoms with van der Waals surface area (Å²) < 4.78 is 12.0. The van der Waals surface area contributed by atoms with E-state index in [2.05, 4.69) is 205 Å². The number of aromatic nitrogens is 1. The molecule has 0 amide bonds. The minimum atomic E-state index is 0.700. The van der Waals surface area contributed by atoms with E-state index in [4.69, 9.17) is 14.4 Å². The molecule has 65 heavy (non-hydrogen) atoms. The first kappa shape index (κ1) is 36.4. The topological polar surface area (TPSA) is 42.8 Å². The molecular weight excluding hydrogens is 811 g/mol.